The molecule has 0 bridgehead atoms. The average Bonchev–Trinajstić information content (AvgIpc) is 2.44. The van der Waals surface area contributed by atoms with Crippen LogP contribution in [0, 0.1) is 0 Å². The molecule has 1 aliphatic heterocycles. The van der Waals surface area contributed by atoms with Gasteiger partial charge in [0.25, 0.3) is 0 Å². The molecule has 19 heavy (non-hydrogen) atoms. The van der Waals surface area contributed by atoms with Crippen LogP contribution in [0.1, 0.15) is 18.1 Å². The van der Waals surface area contributed by atoms with Crippen molar-refractivity contribution < 1.29 is 9.84 Å². The summed E-state index contributed by atoms with van der Waals surface area (Å²) in [4.78, 5) is 0. The first kappa shape index (κ1) is 12.1. The summed E-state index contributed by atoms with van der Waals surface area (Å²) in [6.45, 7) is 0.896. The highest BCUT2D eigenvalue weighted by Gasteiger charge is 2.27. The summed E-state index contributed by atoms with van der Waals surface area (Å²) >= 11 is 0. The molecule has 0 saturated carbocycles. The number of ether oxygens (including phenoxy) is 1. The molecule has 1 atom stereocenters. The van der Waals surface area contributed by atoms with Crippen molar-refractivity contribution in [3.63, 3.8) is 0 Å². The Labute approximate surface area is 112 Å². The van der Waals surface area contributed by atoms with Gasteiger partial charge in [0.1, 0.15) is 17.6 Å². The van der Waals surface area contributed by atoms with E-state index in [1.54, 1.807) is 6.07 Å². The summed E-state index contributed by atoms with van der Waals surface area (Å²) in [5.41, 5.74) is 3.02. The van der Waals surface area contributed by atoms with Crippen molar-refractivity contribution in [2.75, 3.05) is 13.6 Å². The zero-order chi connectivity index (χ0) is 13.2. The molecule has 3 rings (SSSR count). The lowest BCUT2D eigenvalue weighted by Gasteiger charge is -2.29. The van der Waals surface area contributed by atoms with E-state index >= 15 is 0 Å². The molecule has 0 spiro atoms. The summed E-state index contributed by atoms with van der Waals surface area (Å²) in [5, 5.41) is 13.2. The molecule has 1 heterocycles. The van der Waals surface area contributed by atoms with Crippen molar-refractivity contribution in [2.24, 2.45) is 0 Å². The summed E-state index contributed by atoms with van der Waals surface area (Å²) < 4.78 is 6.04. The highest BCUT2D eigenvalue weighted by atomic mass is 16.5. The summed E-state index contributed by atoms with van der Waals surface area (Å²) in [6, 6.07) is 13.6. The topological polar surface area (TPSA) is 41.5 Å². The van der Waals surface area contributed by atoms with E-state index in [2.05, 4.69) is 11.4 Å². The first-order valence-electron chi connectivity index (χ1n) is 6.54. The standard InChI is InChI=1S/C16H17NO2/c1-17-10-9-14-11-5-2-3-6-12(11)16-13(18)7-4-8-15(16)19-14/h2-8,14,17-18H,9-10H2,1H3. The van der Waals surface area contributed by atoms with Gasteiger partial charge in [-0.05, 0) is 31.3 Å². The maximum absolute atomic E-state index is 10.1. The lowest BCUT2D eigenvalue weighted by Crippen LogP contribution is -2.19. The number of rotatable bonds is 3. The third kappa shape index (κ3) is 2.06. The van der Waals surface area contributed by atoms with Crippen molar-refractivity contribution >= 4 is 0 Å². The van der Waals surface area contributed by atoms with Crippen LogP contribution in [-0.2, 0) is 0 Å². The van der Waals surface area contributed by atoms with Crippen LogP contribution in [0.25, 0.3) is 11.1 Å². The Morgan fingerprint density at radius 3 is 2.84 bits per heavy atom. The Kier molecular flexibility index (Phi) is 3.13. The fraction of sp³-hybridized carbons (Fsp3) is 0.250. The molecule has 1 unspecified atom stereocenters. The molecule has 3 nitrogen and oxygen atoms in total. The molecule has 2 N–H and O–H groups in total. The van der Waals surface area contributed by atoms with Gasteiger partial charge in [0.05, 0.1) is 5.56 Å². The number of nitrogens with one attached hydrogen (secondary N) is 1. The van der Waals surface area contributed by atoms with E-state index in [-0.39, 0.29) is 11.9 Å². The van der Waals surface area contributed by atoms with Crippen LogP contribution in [-0.4, -0.2) is 18.7 Å². The van der Waals surface area contributed by atoms with Gasteiger partial charge >= 0.3 is 0 Å². The van der Waals surface area contributed by atoms with E-state index in [1.165, 1.54) is 0 Å². The van der Waals surface area contributed by atoms with Gasteiger partial charge in [0, 0.05) is 12.0 Å². The molecule has 1 aliphatic rings. The van der Waals surface area contributed by atoms with Gasteiger partial charge in [-0.2, -0.15) is 0 Å². The van der Waals surface area contributed by atoms with Crippen LogP contribution in [0.2, 0.25) is 0 Å². The van der Waals surface area contributed by atoms with Crippen molar-refractivity contribution in [1.82, 2.24) is 5.32 Å². The van der Waals surface area contributed by atoms with E-state index in [9.17, 15) is 5.11 Å². The highest BCUT2D eigenvalue weighted by molar-refractivity contribution is 5.80. The number of benzene rings is 2. The SMILES string of the molecule is CNCCC1Oc2cccc(O)c2-c2ccccc21. The van der Waals surface area contributed by atoms with Crippen LogP contribution >= 0.6 is 0 Å². The highest BCUT2D eigenvalue weighted by Crippen LogP contribution is 2.47. The molecule has 0 amide bonds. The maximum atomic E-state index is 10.1. The molecule has 98 valence electrons. The number of fused-ring (bicyclic) bond motifs is 3. The molecule has 0 saturated heterocycles. The Morgan fingerprint density at radius 1 is 1.16 bits per heavy atom. The third-order valence-electron chi connectivity index (χ3n) is 3.51. The Hall–Kier alpha value is -2.00. The number of aromatic hydroxyl groups is 1. The molecule has 0 aromatic heterocycles. The minimum atomic E-state index is 0.0398. The molecule has 2 aromatic carbocycles. The van der Waals surface area contributed by atoms with Gasteiger partial charge in [-0.1, -0.05) is 30.3 Å². The van der Waals surface area contributed by atoms with Gasteiger partial charge in [0.15, 0.2) is 0 Å². The molecule has 3 heteroatoms. The summed E-state index contributed by atoms with van der Waals surface area (Å²) in [7, 11) is 1.94. The Bertz CT molecular complexity index is 595. The van der Waals surface area contributed by atoms with Gasteiger partial charge < -0.3 is 15.2 Å². The maximum Gasteiger partial charge on any atom is 0.131 e. The number of hydrogen-bond donors (Lipinski definition) is 2. The Morgan fingerprint density at radius 2 is 2.00 bits per heavy atom. The minimum Gasteiger partial charge on any atom is -0.507 e. The van der Waals surface area contributed by atoms with Gasteiger partial charge in [-0.3, -0.25) is 0 Å². The third-order valence-corrected chi connectivity index (χ3v) is 3.51. The normalized spacial score (nSPS) is 16.4. The predicted octanol–water partition coefficient (Wildman–Crippen LogP) is 3.10. The van der Waals surface area contributed by atoms with Crippen LogP contribution in [0.5, 0.6) is 11.5 Å². The molecule has 0 radical (unpaired) electrons. The minimum absolute atomic E-state index is 0.0398. The molecular formula is C16H17NO2. The van der Waals surface area contributed by atoms with Crippen molar-refractivity contribution in [3.05, 3.63) is 48.0 Å². The van der Waals surface area contributed by atoms with Gasteiger partial charge in [0.2, 0.25) is 0 Å². The van der Waals surface area contributed by atoms with Crippen LogP contribution < -0.4 is 10.1 Å². The second-order valence-electron chi connectivity index (χ2n) is 4.74. The van der Waals surface area contributed by atoms with Crippen molar-refractivity contribution in [2.45, 2.75) is 12.5 Å². The van der Waals surface area contributed by atoms with Crippen LogP contribution in [0.15, 0.2) is 42.5 Å². The van der Waals surface area contributed by atoms with E-state index in [0.717, 1.165) is 35.4 Å². The van der Waals surface area contributed by atoms with Gasteiger partial charge in [-0.25, -0.2) is 0 Å². The largest absolute Gasteiger partial charge is 0.507 e. The molecular weight excluding hydrogens is 238 g/mol. The second-order valence-corrected chi connectivity index (χ2v) is 4.74. The Balaban J connectivity index is 2.10. The molecule has 2 aromatic rings. The molecule has 0 aliphatic carbocycles. The van der Waals surface area contributed by atoms with Crippen molar-refractivity contribution in [1.29, 1.82) is 0 Å². The van der Waals surface area contributed by atoms with E-state index in [1.807, 2.05) is 37.4 Å². The number of hydrogen-bond acceptors (Lipinski definition) is 3. The fourth-order valence-electron chi connectivity index (χ4n) is 2.60. The summed E-state index contributed by atoms with van der Waals surface area (Å²) in [5.74, 6) is 1.04. The first-order chi connectivity index (χ1) is 9.31. The lowest BCUT2D eigenvalue weighted by atomic mass is 9.91. The number of phenols is 1. The monoisotopic (exact) mass is 255 g/mol. The summed E-state index contributed by atoms with van der Waals surface area (Å²) in [6.07, 6.45) is 0.945. The van der Waals surface area contributed by atoms with Gasteiger partial charge in [-0.15, -0.1) is 0 Å². The van der Waals surface area contributed by atoms with Crippen LogP contribution in [0.4, 0.5) is 0 Å². The first-order valence-corrected chi connectivity index (χ1v) is 6.54. The smallest absolute Gasteiger partial charge is 0.131 e. The average molecular weight is 255 g/mol. The number of phenolic OH excluding ortho intramolecular Hbond substituents is 1. The quantitative estimate of drug-likeness (QED) is 0.885. The van der Waals surface area contributed by atoms with Crippen LogP contribution in [0.3, 0.4) is 0 Å². The van der Waals surface area contributed by atoms with E-state index in [4.69, 9.17) is 4.74 Å². The van der Waals surface area contributed by atoms with Crippen molar-refractivity contribution in [3.8, 4) is 22.6 Å². The predicted molar refractivity (Wildman–Crippen MR) is 75.5 cm³/mol. The zero-order valence-corrected chi connectivity index (χ0v) is 10.9. The van der Waals surface area contributed by atoms with E-state index < -0.39 is 0 Å². The second kappa shape index (κ2) is 4.94. The fourth-order valence-corrected chi connectivity index (χ4v) is 2.60. The lowest BCUT2D eigenvalue weighted by molar-refractivity contribution is 0.191. The van der Waals surface area contributed by atoms with E-state index in [0.29, 0.717) is 0 Å². The zero-order valence-electron chi connectivity index (χ0n) is 10.9. The molecule has 0 fully saturated rings.